The molecule has 6 heteroatoms. The summed E-state index contributed by atoms with van der Waals surface area (Å²) in [7, 11) is 7.28. The summed E-state index contributed by atoms with van der Waals surface area (Å²) in [6.07, 6.45) is 0. The van der Waals surface area contributed by atoms with E-state index in [1.54, 1.807) is 25.6 Å². The van der Waals surface area contributed by atoms with E-state index in [0.29, 0.717) is 5.88 Å². The molecule has 0 spiro atoms. The molecule has 5 nitrogen and oxygen atoms in total. The molecule has 0 unspecified atom stereocenters. The van der Waals surface area contributed by atoms with Crippen molar-refractivity contribution in [3.8, 4) is 11.6 Å². The van der Waals surface area contributed by atoms with Crippen LogP contribution >= 0.6 is 11.3 Å². The molecule has 0 saturated carbocycles. The first-order chi connectivity index (χ1) is 10.1. The second-order valence-electron chi connectivity index (χ2n) is 4.77. The van der Waals surface area contributed by atoms with Crippen LogP contribution in [0.3, 0.4) is 0 Å². The SMILES string of the molecule is COc1ccc(CNCc2sc(N(C)C)nc2OC)cc1. The Morgan fingerprint density at radius 2 is 1.81 bits per heavy atom. The quantitative estimate of drug-likeness (QED) is 0.851. The number of nitrogens with zero attached hydrogens (tertiary/aromatic N) is 2. The lowest BCUT2D eigenvalue weighted by atomic mass is 10.2. The van der Waals surface area contributed by atoms with E-state index in [-0.39, 0.29) is 0 Å². The molecule has 1 heterocycles. The average Bonchev–Trinajstić information content (AvgIpc) is 2.91. The van der Waals surface area contributed by atoms with Crippen LogP contribution in [-0.4, -0.2) is 33.3 Å². The maximum absolute atomic E-state index is 5.33. The van der Waals surface area contributed by atoms with Crippen molar-refractivity contribution >= 4 is 16.5 Å². The summed E-state index contributed by atoms with van der Waals surface area (Å²) in [6.45, 7) is 1.53. The van der Waals surface area contributed by atoms with Crippen molar-refractivity contribution in [3.63, 3.8) is 0 Å². The lowest BCUT2D eigenvalue weighted by Crippen LogP contribution is -2.12. The van der Waals surface area contributed by atoms with Gasteiger partial charge in [0.2, 0.25) is 5.88 Å². The van der Waals surface area contributed by atoms with Crippen LogP contribution in [0, 0.1) is 0 Å². The van der Waals surface area contributed by atoms with E-state index in [4.69, 9.17) is 9.47 Å². The smallest absolute Gasteiger partial charge is 0.230 e. The molecule has 1 aromatic heterocycles. The van der Waals surface area contributed by atoms with Gasteiger partial charge in [0.1, 0.15) is 5.75 Å². The summed E-state index contributed by atoms with van der Waals surface area (Å²) in [5.74, 6) is 1.57. The minimum absolute atomic E-state index is 0.700. The highest BCUT2D eigenvalue weighted by Gasteiger charge is 2.12. The van der Waals surface area contributed by atoms with Gasteiger partial charge in [0.25, 0.3) is 0 Å². The van der Waals surface area contributed by atoms with E-state index in [1.165, 1.54) is 5.56 Å². The molecule has 114 valence electrons. The fraction of sp³-hybridized carbons (Fsp3) is 0.400. The Hall–Kier alpha value is -1.79. The standard InChI is InChI=1S/C15H21N3O2S/c1-18(2)15-17-14(20-4)13(21-15)10-16-9-11-5-7-12(19-3)8-6-11/h5-8,16H,9-10H2,1-4H3. The van der Waals surface area contributed by atoms with Gasteiger partial charge in [-0.15, -0.1) is 0 Å². The van der Waals surface area contributed by atoms with Crippen LogP contribution in [-0.2, 0) is 13.1 Å². The molecule has 0 bridgehead atoms. The van der Waals surface area contributed by atoms with Gasteiger partial charge in [-0.2, -0.15) is 4.98 Å². The molecule has 2 aromatic rings. The summed E-state index contributed by atoms with van der Waals surface area (Å²) >= 11 is 1.64. The van der Waals surface area contributed by atoms with Gasteiger partial charge in [-0.25, -0.2) is 0 Å². The van der Waals surface area contributed by atoms with E-state index >= 15 is 0 Å². The molecule has 0 saturated heterocycles. The molecule has 1 aromatic carbocycles. The van der Waals surface area contributed by atoms with Crippen molar-refractivity contribution in [1.29, 1.82) is 0 Å². The Balaban J connectivity index is 1.93. The molecule has 2 rings (SSSR count). The second kappa shape index (κ2) is 7.28. The third-order valence-corrected chi connectivity index (χ3v) is 4.20. The van der Waals surface area contributed by atoms with Crippen LogP contribution in [0.5, 0.6) is 11.6 Å². The number of methoxy groups -OCH3 is 2. The molecule has 0 aliphatic heterocycles. The minimum Gasteiger partial charge on any atom is -0.497 e. The molecular formula is C15H21N3O2S. The van der Waals surface area contributed by atoms with E-state index < -0.39 is 0 Å². The van der Waals surface area contributed by atoms with Crippen molar-refractivity contribution in [2.45, 2.75) is 13.1 Å². The molecular weight excluding hydrogens is 286 g/mol. The van der Waals surface area contributed by atoms with E-state index in [2.05, 4.69) is 22.4 Å². The highest BCUT2D eigenvalue weighted by Crippen LogP contribution is 2.30. The van der Waals surface area contributed by atoms with Crippen molar-refractivity contribution < 1.29 is 9.47 Å². The molecule has 0 amide bonds. The summed E-state index contributed by atoms with van der Waals surface area (Å²) in [4.78, 5) is 7.53. The molecule has 1 N–H and O–H groups in total. The van der Waals surface area contributed by atoms with Crippen LogP contribution in [0.15, 0.2) is 24.3 Å². The van der Waals surface area contributed by atoms with Gasteiger partial charge in [-0.05, 0) is 17.7 Å². The predicted octanol–water partition coefficient (Wildman–Crippen LogP) is 2.52. The number of anilines is 1. The van der Waals surface area contributed by atoms with Crippen molar-refractivity contribution in [1.82, 2.24) is 10.3 Å². The molecule has 0 aliphatic carbocycles. The molecule has 0 radical (unpaired) electrons. The Labute approximate surface area is 129 Å². The maximum Gasteiger partial charge on any atom is 0.230 e. The van der Waals surface area contributed by atoms with Gasteiger partial charge in [0.15, 0.2) is 5.13 Å². The Morgan fingerprint density at radius 3 is 2.38 bits per heavy atom. The lowest BCUT2D eigenvalue weighted by molar-refractivity contribution is 0.394. The summed E-state index contributed by atoms with van der Waals surface area (Å²) in [5.41, 5.74) is 1.21. The Kier molecular flexibility index (Phi) is 5.41. The zero-order chi connectivity index (χ0) is 15.2. The number of thiazole rings is 1. The number of benzene rings is 1. The van der Waals surface area contributed by atoms with Gasteiger partial charge in [0, 0.05) is 27.2 Å². The van der Waals surface area contributed by atoms with Gasteiger partial charge in [-0.3, -0.25) is 0 Å². The van der Waals surface area contributed by atoms with Gasteiger partial charge < -0.3 is 19.7 Å². The lowest BCUT2D eigenvalue weighted by Gasteiger charge is -2.06. The molecule has 0 aliphatic rings. The van der Waals surface area contributed by atoms with Crippen molar-refractivity contribution in [2.24, 2.45) is 0 Å². The largest absolute Gasteiger partial charge is 0.497 e. The summed E-state index contributed by atoms with van der Waals surface area (Å²) < 4.78 is 10.5. The van der Waals surface area contributed by atoms with Crippen LogP contribution < -0.4 is 19.7 Å². The number of hydrogen-bond acceptors (Lipinski definition) is 6. The Bertz CT molecular complexity index is 567. The van der Waals surface area contributed by atoms with Gasteiger partial charge in [0.05, 0.1) is 19.1 Å². The number of hydrogen-bond donors (Lipinski definition) is 1. The third-order valence-electron chi connectivity index (χ3n) is 3.00. The highest BCUT2D eigenvalue weighted by molar-refractivity contribution is 7.15. The second-order valence-corrected chi connectivity index (χ2v) is 5.84. The van der Waals surface area contributed by atoms with Gasteiger partial charge in [-0.1, -0.05) is 23.5 Å². The normalized spacial score (nSPS) is 10.5. The number of nitrogens with one attached hydrogen (secondary N) is 1. The first-order valence-corrected chi connectivity index (χ1v) is 7.50. The predicted molar refractivity (Wildman–Crippen MR) is 86.5 cm³/mol. The monoisotopic (exact) mass is 307 g/mol. The molecule has 0 fully saturated rings. The van der Waals surface area contributed by atoms with Crippen LogP contribution in [0.2, 0.25) is 0 Å². The molecule has 21 heavy (non-hydrogen) atoms. The average molecular weight is 307 g/mol. The Morgan fingerprint density at radius 1 is 1.10 bits per heavy atom. The molecule has 0 atom stereocenters. The minimum atomic E-state index is 0.700. The van der Waals surface area contributed by atoms with E-state index in [0.717, 1.165) is 28.8 Å². The summed E-state index contributed by atoms with van der Waals surface area (Å²) in [6, 6.07) is 8.05. The van der Waals surface area contributed by atoms with Crippen LogP contribution in [0.1, 0.15) is 10.4 Å². The zero-order valence-corrected chi connectivity index (χ0v) is 13.7. The van der Waals surface area contributed by atoms with E-state index in [1.807, 2.05) is 31.1 Å². The van der Waals surface area contributed by atoms with Crippen LogP contribution in [0.25, 0.3) is 0 Å². The van der Waals surface area contributed by atoms with Crippen molar-refractivity contribution in [3.05, 3.63) is 34.7 Å². The topological polar surface area (TPSA) is 46.6 Å². The number of rotatable bonds is 7. The van der Waals surface area contributed by atoms with Crippen LogP contribution in [0.4, 0.5) is 5.13 Å². The summed E-state index contributed by atoms with van der Waals surface area (Å²) in [5, 5.41) is 4.37. The number of aromatic nitrogens is 1. The first kappa shape index (κ1) is 15.6. The third kappa shape index (κ3) is 4.09. The fourth-order valence-electron chi connectivity index (χ4n) is 1.85. The fourth-order valence-corrected chi connectivity index (χ4v) is 2.77. The van der Waals surface area contributed by atoms with Gasteiger partial charge >= 0.3 is 0 Å². The van der Waals surface area contributed by atoms with E-state index in [9.17, 15) is 0 Å². The number of ether oxygens (including phenoxy) is 2. The zero-order valence-electron chi connectivity index (χ0n) is 12.8. The van der Waals surface area contributed by atoms with Crippen molar-refractivity contribution in [2.75, 3.05) is 33.2 Å². The first-order valence-electron chi connectivity index (χ1n) is 6.68. The maximum atomic E-state index is 5.33. The highest BCUT2D eigenvalue weighted by atomic mass is 32.1.